The first-order chi connectivity index (χ1) is 19.4. The molecule has 214 valence electrons. The van der Waals surface area contributed by atoms with E-state index in [0.717, 1.165) is 38.9 Å². The monoisotopic (exact) mass is 568 g/mol. The van der Waals surface area contributed by atoms with Crippen LogP contribution in [0.3, 0.4) is 0 Å². The van der Waals surface area contributed by atoms with E-state index in [1.807, 2.05) is 38.2 Å². The second-order valence-electron chi connectivity index (χ2n) is 9.85. The van der Waals surface area contributed by atoms with E-state index < -0.39 is 5.82 Å². The van der Waals surface area contributed by atoms with Crippen LogP contribution >= 0.6 is 12.1 Å². The van der Waals surface area contributed by atoms with Crippen molar-refractivity contribution in [2.24, 2.45) is 5.92 Å². The number of anilines is 1. The number of nitrogens with one attached hydrogen (secondary N) is 2. The van der Waals surface area contributed by atoms with E-state index in [4.69, 9.17) is 9.47 Å². The Morgan fingerprint density at radius 1 is 1.32 bits per heavy atom. The Hall–Kier alpha value is -3.17. The number of halogens is 1. The molecule has 2 aromatic carbocycles. The van der Waals surface area contributed by atoms with Crippen molar-refractivity contribution in [1.29, 1.82) is 5.26 Å². The largest absolute Gasteiger partial charge is 0.453 e. The smallest absolute Gasteiger partial charge is 0.261 e. The van der Waals surface area contributed by atoms with Gasteiger partial charge in [-0.25, -0.2) is 13.7 Å². The Kier molecular flexibility index (Phi) is 10.0. The average Bonchev–Trinajstić information content (AvgIpc) is 3.37. The summed E-state index contributed by atoms with van der Waals surface area (Å²) in [4.78, 5) is 17.8. The lowest BCUT2D eigenvalue weighted by Gasteiger charge is -2.33. The van der Waals surface area contributed by atoms with Crippen LogP contribution < -0.4 is 20.3 Å². The zero-order valence-electron chi connectivity index (χ0n) is 23.5. The molecular weight excluding hydrogens is 531 g/mol. The first-order valence-electron chi connectivity index (χ1n) is 13.8. The molecule has 3 heterocycles. The van der Waals surface area contributed by atoms with Crippen molar-refractivity contribution in [2.75, 3.05) is 38.0 Å². The van der Waals surface area contributed by atoms with Gasteiger partial charge in [0.1, 0.15) is 17.4 Å². The first kappa shape index (κ1) is 29.8. The number of ether oxygens (including phenoxy) is 2. The summed E-state index contributed by atoms with van der Waals surface area (Å²) in [5.41, 5.74) is 0.720. The first-order valence-corrected chi connectivity index (χ1v) is 14.6. The standard InChI is InChI=1S/C27H31FN6O3S.C2H6/c1-3-33(2)38-32-24-7-5-22(28)25(21(24)14-29)37-19-4-6-23-20(12-19)26(35)34(17-31-23)15-18-13-27(36-16-18)8-10-30-11-9-27;1-2/h4-7,12,17-18,30,32H,3,8-11,13,15-16H2,1-2H3;1-2H3. The Bertz CT molecular complexity index is 1420. The van der Waals surface area contributed by atoms with Gasteiger partial charge in [-0.2, -0.15) is 5.26 Å². The second-order valence-corrected chi connectivity index (χ2v) is 10.9. The van der Waals surface area contributed by atoms with Crippen LogP contribution in [0.1, 0.15) is 45.6 Å². The molecular formula is C29H37FN6O3S. The summed E-state index contributed by atoms with van der Waals surface area (Å²) in [7, 11) is 1.89. The van der Waals surface area contributed by atoms with E-state index in [9.17, 15) is 14.4 Å². The van der Waals surface area contributed by atoms with Gasteiger partial charge in [-0.15, -0.1) is 0 Å². The molecule has 1 spiro atoms. The molecule has 2 N–H and O–H groups in total. The van der Waals surface area contributed by atoms with Gasteiger partial charge in [-0.05, 0) is 69.7 Å². The van der Waals surface area contributed by atoms with Crippen molar-refractivity contribution >= 4 is 28.7 Å². The number of hydrogen-bond acceptors (Lipinski definition) is 9. The predicted molar refractivity (Wildman–Crippen MR) is 157 cm³/mol. The van der Waals surface area contributed by atoms with Gasteiger partial charge in [0.05, 0.1) is 35.1 Å². The summed E-state index contributed by atoms with van der Waals surface area (Å²) in [5, 5.41) is 13.5. The van der Waals surface area contributed by atoms with Crippen molar-refractivity contribution in [1.82, 2.24) is 19.2 Å². The van der Waals surface area contributed by atoms with Crippen molar-refractivity contribution < 1.29 is 13.9 Å². The maximum atomic E-state index is 14.8. The molecule has 1 atom stereocenters. The minimum atomic E-state index is -0.669. The van der Waals surface area contributed by atoms with Gasteiger partial charge in [0.2, 0.25) is 0 Å². The number of rotatable bonds is 8. The fourth-order valence-electron chi connectivity index (χ4n) is 5.06. The summed E-state index contributed by atoms with van der Waals surface area (Å²) >= 11 is 1.30. The Labute approximate surface area is 238 Å². The average molecular weight is 569 g/mol. The van der Waals surface area contributed by atoms with Crippen LogP contribution in [-0.4, -0.2) is 52.7 Å². The Morgan fingerprint density at radius 2 is 2.10 bits per heavy atom. The van der Waals surface area contributed by atoms with Crippen LogP contribution in [0.2, 0.25) is 0 Å². The molecule has 0 bridgehead atoms. The third kappa shape index (κ3) is 6.58. The normalized spacial score (nSPS) is 17.9. The lowest BCUT2D eigenvalue weighted by molar-refractivity contribution is -0.0197. The molecule has 5 rings (SSSR count). The maximum Gasteiger partial charge on any atom is 0.261 e. The van der Waals surface area contributed by atoms with E-state index in [0.29, 0.717) is 29.7 Å². The molecule has 0 saturated carbocycles. The zero-order chi connectivity index (χ0) is 28.7. The number of nitriles is 1. The molecule has 2 aliphatic heterocycles. The van der Waals surface area contributed by atoms with Gasteiger partial charge in [0, 0.05) is 31.1 Å². The third-order valence-electron chi connectivity index (χ3n) is 7.25. The number of hydrogen-bond donors (Lipinski definition) is 2. The molecule has 0 radical (unpaired) electrons. The highest BCUT2D eigenvalue weighted by Gasteiger charge is 2.41. The fourth-order valence-corrected chi connectivity index (χ4v) is 5.61. The van der Waals surface area contributed by atoms with Crippen LogP contribution in [0.25, 0.3) is 10.9 Å². The van der Waals surface area contributed by atoms with Gasteiger partial charge < -0.3 is 19.5 Å². The molecule has 1 unspecified atom stereocenters. The minimum absolute atomic E-state index is 0.0405. The molecule has 0 amide bonds. The molecule has 1 aromatic heterocycles. The Morgan fingerprint density at radius 3 is 2.83 bits per heavy atom. The van der Waals surface area contributed by atoms with E-state index in [-0.39, 0.29) is 34.1 Å². The molecule has 2 aliphatic rings. The summed E-state index contributed by atoms with van der Waals surface area (Å²) in [6, 6.07) is 9.62. The van der Waals surface area contributed by atoms with Crippen molar-refractivity contribution in [2.45, 2.75) is 52.2 Å². The predicted octanol–water partition coefficient (Wildman–Crippen LogP) is 5.31. The SMILES string of the molecule is CC.CCN(C)SNc1ccc(F)c(Oc2ccc3ncn(CC4COC5(CCNCC5)C4)c(=O)c3c2)c1C#N. The van der Waals surface area contributed by atoms with Crippen LogP contribution in [0.15, 0.2) is 41.5 Å². The van der Waals surface area contributed by atoms with Crippen molar-refractivity contribution in [3.05, 3.63) is 58.4 Å². The number of benzene rings is 2. The van der Waals surface area contributed by atoms with E-state index in [2.05, 4.69) is 15.0 Å². The second kappa shape index (κ2) is 13.5. The number of piperidine rings is 1. The summed E-state index contributed by atoms with van der Waals surface area (Å²) in [5.74, 6) is -0.386. The van der Waals surface area contributed by atoms with Crippen LogP contribution in [-0.2, 0) is 11.3 Å². The highest BCUT2D eigenvalue weighted by Crippen LogP contribution is 2.38. The van der Waals surface area contributed by atoms with Gasteiger partial charge in [0.15, 0.2) is 11.6 Å². The van der Waals surface area contributed by atoms with E-state index in [1.54, 1.807) is 29.1 Å². The fraction of sp³-hybridized carbons (Fsp3) is 0.483. The molecule has 2 saturated heterocycles. The van der Waals surface area contributed by atoms with Gasteiger partial charge in [-0.3, -0.25) is 9.36 Å². The maximum absolute atomic E-state index is 14.8. The molecule has 0 aliphatic carbocycles. The number of aromatic nitrogens is 2. The molecule has 9 nitrogen and oxygen atoms in total. The van der Waals surface area contributed by atoms with Gasteiger partial charge in [-0.1, -0.05) is 20.8 Å². The zero-order valence-corrected chi connectivity index (χ0v) is 24.3. The van der Waals surface area contributed by atoms with Gasteiger partial charge in [0.25, 0.3) is 5.56 Å². The number of nitrogens with zero attached hydrogens (tertiary/aromatic N) is 4. The summed E-state index contributed by atoms with van der Waals surface area (Å²) in [6.07, 6.45) is 4.48. The molecule has 2 fully saturated rings. The van der Waals surface area contributed by atoms with E-state index >= 15 is 0 Å². The van der Waals surface area contributed by atoms with Crippen LogP contribution in [0.5, 0.6) is 11.5 Å². The highest BCUT2D eigenvalue weighted by molar-refractivity contribution is 7.98. The quantitative estimate of drug-likeness (QED) is 0.350. The lowest BCUT2D eigenvalue weighted by atomic mass is 9.86. The van der Waals surface area contributed by atoms with Gasteiger partial charge >= 0.3 is 0 Å². The summed E-state index contributed by atoms with van der Waals surface area (Å²) in [6.45, 7) is 9.82. The molecule has 11 heteroatoms. The third-order valence-corrected chi connectivity index (χ3v) is 8.13. The van der Waals surface area contributed by atoms with Crippen molar-refractivity contribution in [3.63, 3.8) is 0 Å². The molecule has 40 heavy (non-hydrogen) atoms. The van der Waals surface area contributed by atoms with Crippen LogP contribution in [0.4, 0.5) is 10.1 Å². The topological polar surface area (TPSA) is 104 Å². The minimum Gasteiger partial charge on any atom is -0.453 e. The van der Waals surface area contributed by atoms with Crippen molar-refractivity contribution in [3.8, 4) is 17.6 Å². The highest BCUT2D eigenvalue weighted by atomic mass is 32.2. The van der Waals surface area contributed by atoms with Crippen LogP contribution in [0, 0.1) is 23.1 Å². The lowest BCUT2D eigenvalue weighted by Crippen LogP contribution is -2.41. The summed E-state index contributed by atoms with van der Waals surface area (Å²) < 4.78 is 33.4. The molecule has 3 aromatic rings. The van der Waals surface area contributed by atoms with E-state index in [1.165, 1.54) is 24.3 Å². The Balaban J connectivity index is 0.00000181. The number of fused-ring (bicyclic) bond motifs is 1.